The highest BCUT2D eigenvalue weighted by Gasteiger charge is 2.49. The molecule has 22 heavy (non-hydrogen) atoms. The summed E-state index contributed by atoms with van der Waals surface area (Å²) in [6.07, 6.45) is 4.13. The lowest BCUT2D eigenvalue weighted by molar-refractivity contribution is -0.384. The Morgan fingerprint density at radius 3 is 2.27 bits per heavy atom. The number of amides is 1. The van der Waals surface area contributed by atoms with E-state index in [4.69, 9.17) is 0 Å². The standard InChI is InChI=1S/C17H24N2O3/c1-4-9-17(10-5-2)14-12-13(19(21)22)7-8-15(14)18(11-6-3)16(17)20/h7-8,12H,4-6,9-11H2,1-3H3. The van der Waals surface area contributed by atoms with Crippen molar-refractivity contribution in [2.24, 2.45) is 0 Å². The first-order valence-corrected chi connectivity index (χ1v) is 8.12. The smallest absolute Gasteiger partial charge is 0.269 e. The minimum atomic E-state index is -0.583. The summed E-state index contributed by atoms with van der Waals surface area (Å²) in [4.78, 5) is 25.7. The maximum absolute atomic E-state index is 13.1. The Kier molecular flexibility index (Phi) is 4.84. The van der Waals surface area contributed by atoms with Gasteiger partial charge in [-0.05, 0) is 30.9 Å². The first-order valence-electron chi connectivity index (χ1n) is 8.12. The molecule has 1 aromatic rings. The van der Waals surface area contributed by atoms with Crippen molar-refractivity contribution in [3.63, 3.8) is 0 Å². The van der Waals surface area contributed by atoms with Crippen LogP contribution in [0.4, 0.5) is 11.4 Å². The van der Waals surface area contributed by atoms with Gasteiger partial charge in [0.15, 0.2) is 0 Å². The van der Waals surface area contributed by atoms with E-state index in [0.717, 1.165) is 43.4 Å². The zero-order valence-electron chi connectivity index (χ0n) is 13.6. The highest BCUT2D eigenvalue weighted by Crippen LogP contribution is 2.48. The third kappa shape index (κ3) is 2.49. The van der Waals surface area contributed by atoms with E-state index in [1.165, 1.54) is 6.07 Å². The highest BCUT2D eigenvalue weighted by molar-refractivity contribution is 6.08. The topological polar surface area (TPSA) is 63.5 Å². The van der Waals surface area contributed by atoms with Gasteiger partial charge >= 0.3 is 0 Å². The number of nitro groups is 1. The highest BCUT2D eigenvalue weighted by atomic mass is 16.6. The Balaban J connectivity index is 2.63. The van der Waals surface area contributed by atoms with E-state index >= 15 is 0 Å². The maximum atomic E-state index is 13.1. The number of nitrogens with zero attached hydrogens (tertiary/aromatic N) is 2. The number of rotatable bonds is 7. The number of non-ortho nitro benzene ring substituents is 1. The Labute approximate surface area is 131 Å². The van der Waals surface area contributed by atoms with Gasteiger partial charge in [-0.1, -0.05) is 33.6 Å². The van der Waals surface area contributed by atoms with Gasteiger partial charge in [0.25, 0.3) is 5.69 Å². The molecule has 0 aliphatic carbocycles. The molecule has 0 N–H and O–H groups in total. The van der Waals surface area contributed by atoms with Gasteiger partial charge in [-0.25, -0.2) is 0 Å². The fraction of sp³-hybridized carbons (Fsp3) is 0.588. The van der Waals surface area contributed by atoms with Gasteiger partial charge in [-0.3, -0.25) is 14.9 Å². The van der Waals surface area contributed by atoms with Crippen LogP contribution in [-0.4, -0.2) is 17.4 Å². The maximum Gasteiger partial charge on any atom is 0.269 e. The van der Waals surface area contributed by atoms with E-state index in [9.17, 15) is 14.9 Å². The van der Waals surface area contributed by atoms with Crippen LogP contribution in [0.15, 0.2) is 18.2 Å². The Bertz CT molecular complexity index is 577. The molecule has 0 unspecified atom stereocenters. The van der Waals surface area contributed by atoms with Gasteiger partial charge in [0, 0.05) is 24.4 Å². The molecule has 0 saturated heterocycles. The quantitative estimate of drug-likeness (QED) is 0.560. The predicted octanol–water partition coefficient (Wildman–Crippen LogP) is 4.19. The monoisotopic (exact) mass is 304 g/mol. The predicted molar refractivity (Wildman–Crippen MR) is 87.2 cm³/mol. The molecule has 0 atom stereocenters. The van der Waals surface area contributed by atoms with Crippen LogP contribution < -0.4 is 4.90 Å². The van der Waals surface area contributed by atoms with Gasteiger partial charge in [-0.2, -0.15) is 0 Å². The lowest BCUT2D eigenvalue weighted by Gasteiger charge is -2.28. The number of carbonyl (C=O) groups excluding carboxylic acids is 1. The summed E-state index contributed by atoms with van der Waals surface area (Å²) in [7, 11) is 0. The molecule has 1 aliphatic heterocycles. The molecule has 120 valence electrons. The van der Waals surface area contributed by atoms with E-state index < -0.39 is 5.41 Å². The van der Waals surface area contributed by atoms with Crippen LogP contribution in [0.1, 0.15) is 58.4 Å². The number of nitro benzene ring substituents is 1. The fourth-order valence-corrected chi connectivity index (χ4v) is 3.65. The molecule has 0 radical (unpaired) electrons. The fourth-order valence-electron chi connectivity index (χ4n) is 3.65. The molecule has 1 heterocycles. The number of benzene rings is 1. The molecule has 0 fully saturated rings. The average Bonchev–Trinajstić information content (AvgIpc) is 2.71. The van der Waals surface area contributed by atoms with Crippen LogP contribution in [0.3, 0.4) is 0 Å². The van der Waals surface area contributed by atoms with Gasteiger partial charge in [0.1, 0.15) is 0 Å². The Hall–Kier alpha value is -1.91. The molecule has 2 rings (SSSR count). The second-order valence-electron chi connectivity index (χ2n) is 6.00. The molecule has 5 nitrogen and oxygen atoms in total. The van der Waals surface area contributed by atoms with Gasteiger partial charge < -0.3 is 4.90 Å². The van der Waals surface area contributed by atoms with E-state index in [2.05, 4.69) is 13.8 Å². The molecule has 0 spiro atoms. The number of hydrogen-bond acceptors (Lipinski definition) is 3. The third-order valence-electron chi connectivity index (χ3n) is 4.45. The number of fused-ring (bicyclic) bond motifs is 1. The summed E-state index contributed by atoms with van der Waals surface area (Å²) in [6, 6.07) is 4.87. The minimum Gasteiger partial charge on any atom is -0.311 e. The van der Waals surface area contributed by atoms with Crippen molar-refractivity contribution in [2.75, 3.05) is 11.4 Å². The lowest BCUT2D eigenvalue weighted by Crippen LogP contribution is -2.40. The largest absolute Gasteiger partial charge is 0.311 e. The van der Waals surface area contributed by atoms with Crippen LogP contribution in [0.5, 0.6) is 0 Å². The molecular formula is C17H24N2O3. The van der Waals surface area contributed by atoms with Crippen molar-refractivity contribution in [2.45, 2.75) is 58.3 Å². The van der Waals surface area contributed by atoms with E-state index in [1.807, 2.05) is 11.8 Å². The average molecular weight is 304 g/mol. The number of hydrogen-bond donors (Lipinski definition) is 0. The molecule has 1 amide bonds. The SMILES string of the molecule is CCCN1C(=O)C(CCC)(CCC)c2cc([N+](=O)[O-])ccc21. The summed E-state index contributed by atoms with van der Waals surface area (Å²) in [5, 5.41) is 11.1. The lowest BCUT2D eigenvalue weighted by atomic mass is 9.74. The van der Waals surface area contributed by atoms with Crippen LogP contribution in [0.2, 0.25) is 0 Å². The van der Waals surface area contributed by atoms with E-state index in [-0.39, 0.29) is 16.5 Å². The Morgan fingerprint density at radius 2 is 1.77 bits per heavy atom. The van der Waals surface area contributed by atoms with Crippen LogP contribution >= 0.6 is 0 Å². The number of anilines is 1. The van der Waals surface area contributed by atoms with Crippen LogP contribution in [0.25, 0.3) is 0 Å². The van der Waals surface area contributed by atoms with Gasteiger partial charge in [0.2, 0.25) is 5.91 Å². The van der Waals surface area contributed by atoms with E-state index in [1.54, 1.807) is 12.1 Å². The molecule has 5 heteroatoms. The van der Waals surface area contributed by atoms with E-state index in [0.29, 0.717) is 6.54 Å². The third-order valence-corrected chi connectivity index (χ3v) is 4.45. The molecule has 1 aromatic carbocycles. The molecule has 1 aliphatic rings. The normalized spacial score (nSPS) is 16.0. The molecular weight excluding hydrogens is 280 g/mol. The Morgan fingerprint density at radius 1 is 1.14 bits per heavy atom. The summed E-state index contributed by atoms with van der Waals surface area (Å²) in [5.41, 5.74) is 1.20. The van der Waals surface area contributed by atoms with Crippen molar-refractivity contribution in [3.8, 4) is 0 Å². The summed E-state index contributed by atoms with van der Waals surface area (Å²) >= 11 is 0. The zero-order chi connectivity index (χ0) is 16.3. The first-order chi connectivity index (χ1) is 10.5. The summed E-state index contributed by atoms with van der Waals surface area (Å²) in [6.45, 7) is 6.82. The molecule has 0 saturated carbocycles. The summed E-state index contributed by atoms with van der Waals surface area (Å²) < 4.78 is 0. The van der Waals surface area contributed by atoms with Crippen molar-refractivity contribution in [1.82, 2.24) is 0 Å². The van der Waals surface area contributed by atoms with Gasteiger partial charge in [0.05, 0.1) is 10.3 Å². The van der Waals surface area contributed by atoms with Crippen LogP contribution in [0, 0.1) is 10.1 Å². The second-order valence-corrected chi connectivity index (χ2v) is 6.00. The summed E-state index contributed by atoms with van der Waals surface area (Å²) in [5.74, 6) is 0.119. The zero-order valence-corrected chi connectivity index (χ0v) is 13.6. The first kappa shape index (κ1) is 16.5. The van der Waals surface area contributed by atoms with Crippen molar-refractivity contribution >= 4 is 17.3 Å². The van der Waals surface area contributed by atoms with Crippen molar-refractivity contribution < 1.29 is 9.72 Å². The molecule has 0 aromatic heterocycles. The van der Waals surface area contributed by atoms with Crippen molar-refractivity contribution in [1.29, 1.82) is 0 Å². The second kappa shape index (κ2) is 6.46. The molecule has 0 bridgehead atoms. The van der Waals surface area contributed by atoms with Gasteiger partial charge in [-0.15, -0.1) is 0 Å². The minimum absolute atomic E-state index is 0.0708. The number of carbonyl (C=O) groups is 1. The van der Waals surface area contributed by atoms with Crippen molar-refractivity contribution in [3.05, 3.63) is 33.9 Å². The van der Waals surface area contributed by atoms with Crippen LogP contribution in [-0.2, 0) is 10.2 Å².